The van der Waals surface area contributed by atoms with Gasteiger partial charge in [0.1, 0.15) is 36.4 Å². The number of nitrogens with zero attached hydrogens (tertiary/aromatic N) is 1. The van der Waals surface area contributed by atoms with Crippen LogP contribution in [0.3, 0.4) is 0 Å². The second-order valence-corrected chi connectivity index (χ2v) is 11.1. The minimum absolute atomic E-state index is 0.0245. The number of benzene rings is 2. The molecule has 2 heterocycles. The van der Waals surface area contributed by atoms with Crippen molar-refractivity contribution in [2.24, 2.45) is 0 Å². The summed E-state index contributed by atoms with van der Waals surface area (Å²) >= 11 is 0. The van der Waals surface area contributed by atoms with E-state index >= 15 is 0 Å². The lowest BCUT2D eigenvalue weighted by atomic mass is 9.81. The van der Waals surface area contributed by atoms with Crippen LogP contribution in [0.4, 0.5) is 5.69 Å². The predicted octanol–water partition coefficient (Wildman–Crippen LogP) is 3.66. The molecular formula is C33H50N2O8. The molecule has 0 aliphatic carbocycles. The third kappa shape index (κ3) is 9.28. The average Bonchev–Trinajstić information content (AvgIpc) is 3.01. The maximum absolute atomic E-state index is 12.2. The molecule has 10 nitrogen and oxygen atoms in total. The molecule has 4 rings (SSSR count). The van der Waals surface area contributed by atoms with Gasteiger partial charge in [-0.15, -0.1) is 0 Å². The van der Waals surface area contributed by atoms with Crippen LogP contribution >= 0.6 is 0 Å². The molecule has 0 amide bonds. The first-order chi connectivity index (χ1) is 21.0. The number of methoxy groups -OCH3 is 2. The van der Waals surface area contributed by atoms with Crippen LogP contribution in [0, 0.1) is 0 Å². The van der Waals surface area contributed by atoms with Crippen LogP contribution < -0.4 is 19.7 Å². The van der Waals surface area contributed by atoms with E-state index in [2.05, 4.69) is 16.3 Å². The molecule has 2 aliphatic heterocycles. The summed E-state index contributed by atoms with van der Waals surface area (Å²) in [7, 11) is 3.37. The van der Waals surface area contributed by atoms with Gasteiger partial charge in [-0.2, -0.15) is 0 Å². The van der Waals surface area contributed by atoms with E-state index in [4.69, 9.17) is 33.2 Å². The Hall–Kier alpha value is -2.44. The summed E-state index contributed by atoms with van der Waals surface area (Å²) in [6.07, 6.45) is 0.983. The zero-order valence-electron chi connectivity index (χ0n) is 26.3. The first kappa shape index (κ1) is 33.5. The lowest BCUT2D eigenvalue weighted by Gasteiger charge is -2.41. The van der Waals surface area contributed by atoms with E-state index in [1.165, 1.54) is 0 Å². The summed E-state index contributed by atoms with van der Waals surface area (Å²) in [6.45, 7) is 11.0. The van der Waals surface area contributed by atoms with Crippen molar-refractivity contribution in [3.8, 4) is 11.5 Å². The number of nitrogens with one attached hydrogen (secondary N) is 1. The number of anilines is 1. The Labute approximate surface area is 256 Å². The highest BCUT2D eigenvalue weighted by molar-refractivity contribution is 5.61. The van der Waals surface area contributed by atoms with Crippen molar-refractivity contribution in [1.29, 1.82) is 0 Å². The van der Waals surface area contributed by atoms with Gasteiger partial charge in [-0.05, 0) is 62.6 Å². The van der Waals surface area contributed by atoms with Crippen molar-refractivity contribution in [2.45, 2.75) is 57.7 Å². The van der Waals surface area contributed by atoms with Gasteiger partial charge in [0.2, 0.25) is 0 Å². The molecule has 3 atom stereocenters. The van der Waals surface area contributed by atoms with Gasteiger partial charge in [-0.25, -0.2) is 0 Å². The number of hydrogen-bond acceptors (Lipinski definition) is 10. The second kappa shape index (κ2) is 17.2. The second-order valence-electron chi connectivity index (χ2n) is 11.1. The minimum Gasteiger partial charge on any atom is -0.491 e. The molecule has 0 saturated carbocycles. The number of ether oxygens (including phenoxy) is 7. The molecular weight excluding hydrogens is 552 g/mol. The van der Waals surface area contributed by atoms with Gasteiger partial charge < -0.3 is 48.5 Å². The standard InChI is InChI=1S/C33H50N2O8/c1-5-40-25(2)22-39-23-27-7-9-28(31(20-27)42-18-17-38-4)33(36)11-12-34-21-32(33)43-24-26-8-10-30-29(19-26)35(14-16-41-30)13-6-15-37-3/h7-10,19-20,25,32,34,36H,5-6,11-18,21-24H2,1-4H3/t25-,32+,33+/m1/s1. The molecule has 0 spiro atoms. The van der Waals surface area contributed by atoms with Crippen LogP contribution in [0.2, 0.25) is 0 Å². The SMILES string of the molecule is CCO[C@H](C)COCc1ccc([C@@]2(O)CCNC[C@@H]2OCc2ccc3c(c2)N(CCCOC)CCO3)c(OCCOC)c1. The monoisotopic (exact) mass is 602 g/mol. The van der Waals surface area contributed by atoms with E-state index < -0.39 is 11.7 Å². The van der Waals surface area contributed by atoms with Gasteiger partial charge in [0.15, 0.2) is 0 Å². The van der Waals surface area contributed by atoms with Crippen LogP contribution in [-0.4, -0.2) is 97.4 Å². The van der Waals surface area contributed by atoms with Crippen molar-refractivity contribution in [3.63, 3.8) is 0 Å². The molecule has 2 aromatic rings. The smallest absolute Gasteiger partial charge is 0.142 e. The Kier molecular flexibility index (Phi) is 13.3. The highest BCUT2D eigenvalue weighted by Gasteiger charge is 2.43. The van der Waals surface area contributed by atoms with Crippen molar-refractivity contribution >= 4 is 5.69 Å². The zero-order valence-corrected chi connectivity index (χ0v) is 26.3. The largest absolute Gasteiger partial charge is 0.491 e. The number of rotatable bonds is 18. The highest BCUT2D eigenvalue weighted by Crippen LogP contribution is 2.40. The van der Waals surface area contributed by atoms with E-state index in [1.54, 1.807) is 14.2 Å². The van der Waals surface area contributed by atoms with E-state index in [0.29, 0.717) is 77.1 Å². The maximum Gasteiger partial charge on any atom is 0.142 e. The van der Waals surface area contributed by atoms with Crippen molar-refractivity contribution in [1.82, 2.24) is 5.32 Å². The van der Waals surface area contributed by atoms with Crippen LogP contribution in [0.15, 0.2) is 36.4 Å². The predicted molar refractivity (Wildman–Crippen MR) is 165 cm³/mol. The fraction of sp³-hybridized carbons (Fsp3) is 0.636. The quantitative estimate of drug-likeness (QED) is 0.246. The third-order valence-electron chi connectivity index (χ3n) is 7.89. The number of piperidine rings is 1. The topological polar surface area (TPSA) is 100 Å². The van der Waals surface area contributed by atoms with Crippen LogP contribution in [-0.2, 0) is 42.5 Å². The Morgan fingerprint density at radius 1 is 1.07 bits per heavy atom. The van der Waals surface area contributed by atoms with E-state index in [0.717, 1.165) is 48.7 Å². The van der Waals surface area contributed by atoms with Gasteiger partial charge in [-0.3, -0.25) is 0 Å². The first-order valence-corrected chi connectivity index (χ1v) is 15.5. The zero-order chi connectivity index (χ0) is 30.5. The van der Waals surface area contributed by atoms with E-state index in [1.807, 2.05) is 44.2 Å². The summed E-state index contributed by atoms with van der Waals surface area (Å²) in [5, 5.41) is 15.6. The minimum atomic E-state index is -1.24. The van der Waals surface area contributed by atoms with Gasteiger partial charge >= 0.3 is 0 Å². The molecule has 2 aromatic carbocycles. The fourth-order valence-corrected chi connectivity index (χ4v) is 5.63. The number of fused-ring (bicyclic) bond motifs is 1. The molecule has 240 valence electrons. The summed E-state index contributed by atoms with van der Waals surface area (Å²) in [6, 6.07) is 12.1. The molecule has 0 unspecified atom stereocenters. The van der Waals surface area contributed by atoms with Gasteiger partial charge in [0, 0.05) is 46.1 Å². The fourth-order valence-electron chi connectivity index (χ4n) is 5.63. The Bertz CT molecular complexity index is 1120. The van der Waals surface area contributed by atoms with Gasteiger partial charge in [0.25, 0.3) is 0 Å². The van der Waals surface area contributed by atoms with Crippen LogP contribution in [0.25, 0.3) is 0 Å². The maximum atomic E-state index is 12.2. The summed E-state index contributed by atoms with van der Waals surface area (Å²) in [4.78, 5) is 2.34. The molecule has 0 aromatic heterocycles. The molecule has 1 saturated heterocycles. The normalized spacial score (nSPS) is 20.9. The Morgan fingerprint density at radius 3 is 2.70 bits per heavy atom. The highest BCUT2D eigenvalue weighted by atomic mass is 16.5. The van der Waals surface area contributed by atoms with Crippen LogP contribution in [0.1, 0.15) is 43.4 Å². The molecule has 2 N–H and O–H groups in total. The first-order valence-electron chi connectivity index (χ1n) is 15.5. The van der Waals surface area contributed by atoms with Crippen molar-refractivity contribution in [3.05, 3.63) is 53.1 Å². The average molecular weight is 603 g/mol. The molecule has 2 aliphatic rings. The molecule has 0 bridgehead atoms. The molecule has 43 heavy (non-hydrogen) atoms. The molecule has 1 fully saturated rings. The number of hydrogen-bond donors (Lipinski definition) is 2. The van der Waals surface area contributed by atoms with E-state index in [9.17, 15) is 5.11 Å². The lowest BCUT2D eigenvalue weighted by Crippen LogP contribution is -2.53. The Balaban J connectivity index is 1.49. The summed E-state index contributed by atoms with van der Waals surface area (Å²) in [5.41, 5.74) is 2.54. The van der Waals surface area contributed by atoms with Crippen molar-refractivity contribution < 1.29 is 38.3 Å². The Morgan fingerprint density at radius 2 is 1.88 bits per heavy atom. The molecule has 10 heteroatoms. The summed E-state index contributed by atoms with van der Waals surface area (Å²) < 4.78 is 40.5. The van der Waals surface area contributed by atoms with Crippen LogP contribution in [0.5, 0.6) is 11.5 Å². The van der Waals surface area contributed by atoms with Crippen molar-refractivity contribution in [2.75, 3.05) is 84.9 Å². The summed E-state index contributed by atoms with van der Waals surface area (Å²) in [5.74, 6) is 1.50. The van der Waals surface area contributed by atoms with E-state index in [-0.39, 0.29) is 6.10 Å². The lowest BCUT2D eigenvalue weighted by molar-refractivity contribution is -0.135. The van der Waals surface area contributed by atoms with Gasteiger partial charge in [-0.1, -0.05) is 18.2 Å². The third-order valence-corrected chi connectivity index (χ3v) is 7.89. The molecule has 0 radical (unpaired) electrons. The van der Waals surface area contributed by atoms with Gasteiger partial charge in [0.05, 0.1) is 44.8 Å². The number of aliphatic hydroxyl groups is 1.